The van der Waals surface area contributed by atoms with E-state index in [0.717, 1.165) is 41.7 Å². The molecular formula is C18H22N2O. The summed E-state index contributed by atoms with van der Waals surface area (Å²) < 4.78 is 0. The van der Waals surface area contributed by atoms with E-state index in [1.807, 2.05) is 37.3 Å². The Labute approximate surface area is 125 Å². The number of nitrogens with zero attached hydrogens (tertiary/aromatic N) is 1. The minimum atomic E-state index is 0.260. The Bertz CT molecular complexity index is 645. The van der Waals surface area contributed by atoms with Crippen LogP contribution in [0, 0.1) is 12.8 Å². The predicted molar refractivity (Wildman–Crippen MR) is 85.6 cm³/mol. The molecule has 21 heavy (non-hydrogen) atoms. The van der Waals surface area contributed by atoms with Crippen LogP contribution < -0.4 is 5.32 Å². The second kappa shape index (κ2) is 6.35. The molecule has 1 aromatic heterocycles. The van der Waals surface area contributed by atoms with Gasteiger partial charge in [0.25, 0.3) is 0 Å². The largest absolute Gasteiger partial charge is 0.317 e. The Morgan fingerprint density at radius 1 is 1.24 bits per heavy atom. The van der Waals surface area contributed by atoms with Crippen molar-refractivity contribution in [3.05, 3.63) is 41.6 Å². The monoisotopic (exact) mass is 282 g/mol. The average molecular weight is 282 g/mol. The van der Waals surface area contributed by atoms with Gasteiger partial charge in [0.1, 0.15) is 0 Å². The maximum absolute atomic E-state index is 12.4. The van der Waals surface area contributed by atoms with Crippen molar-refractivity contribution in [2.45, 2.75) is 32.6 Å². The number of aryl methyl sites for hydroxylation is 1. The molecule has 0 spiro atoms. The van der Waals surface area contributed by atoms with Gasteiger partial charge >= 0.3 is 0 Å². The highest BCUT2D eigenvalue weighted by molar-refractivity contribution is 5.99. The summed E-state index contributed by atoms with van der Waals surface area (Å²) in [5.41, 5.74) is 2.79. The first kappa shape index (κ1) is 14.2. The highest BCUT2D eigenvalue weighted by Gasteiger charge is 2.15. The van der Waals surface area contributed by atoms with Gasteiger partial charge in [-0.1, -0.05) is 6.07 Å². The molecule has 0 unspecified atom stereocenters. The van der Waals surface area contributed by atoms with Crippen molar-refractivity contribution in [2.75, 3.05) is 13.1 Å². The zero-order valence-electron chi connectivity index (χ0n) is 12.6. The number of carbonyl (C=O) groups excluding carboxylic acids is 1. The number of fused-ring (bicyclic) bond motifs is 1. The maximum atomic E-state index is 12.4. The Morgan fingerprint density at radius 3 is 2.86 bits per heavy atom. The first-order valence-electron chi connectivity index (χ1n) is 7.84. The summed E-state index contributed by atoms with van der Waals surface area (Å²) in [6.07, 6.45) is 4.09. The van der Waals surface area contributed by atoms with E-state index in [1.54, 1.807) is 0 Å². The smallest absolute Gasteiger partial charge is 0.162 e. The van der Waals surface area contributed by atoms with E-state index in [4.69, 9.17) is 0 Å². The number of carbonyl (C=O) groups is 1. The van der Waals surface area contributed by atoms with Crippen LogP contribution in [0.15, 0.2) is 30.3 Å². The van der Waals surface area contributed by atoms with E-state index >= 15 is 0 Å². The fourth-order valence-electron chi connectivity index (χ4n) is 3.05. The van der Waals surface area contributed by atoms with Crippen LogP contribution in [-0.2, 0) is 0 Å². The zero-order chi connectivity index (χ0) is 14.7. The number of benzene rings is 1. The summed E-state index contributed by atoms with van der Waals surface area (Å²) >= 11 is 0. The molecule has 0 saturated carbocycles. The summed E-state index contributed by atoms with van der Waals surface area (Å²) in [6.45, 7) is 4.18. The molecule has 1 aliphatic rings. The number of pyridine rings is 1. The fraction of sp³-hybridized carbons (Fsp3) is 0.444. The first-order chi connectivity index (χ1) is 10.2. The minimum Gasteiger partial charge on any atom is -0.317 e. The van der Waals surface area contributed by atoms with Crippen LogP contribution in [-0.4, -0.2) is 23.9 Å². The predicted octanol–water partition coefficient (Wildman–Crippen LogP) is 3.51. The molecule has 0 aliphatic carbocycles. The average Bonchev–Trinajstić information content (AvgIpc) is 2.53. The van der Waals surface area contributed by atoms with Crippen LogP contribution >= 0.6 is 0 Å². The number of ketones is 1. The molecule has 110 valence electrons. The van der Waals surface area contributed by atoms with Gasteiger partial charge < -0.3 is 5.32 Å². The van der Waals surface area contributed by atoms with E-state index in [1.165, 1.54) is 12.8 Å². The van der Waals surface area contributed by atoms with Crippen LogP contribution in [0.2, 0.25) is 0 Å². The topological polar surface area (TPSA) is 42.0 Å². The third-order valence-electron chi connectivity index (χ3n) is 4.39. The Hall–Kier alpha value is -1.74. The number of piperidine rings is 1. The molecule has 0 amide bonds. The third-order valence-corrected chi connectivity index (χ3v) is 4.39. The number of hydrogen-bond donors (Lipinski definition) is 1. The fourth-order valence-corrected chi connectivity index (χ4v) is 3.05. The van der Waals surface area contributed by atoms with Crippen LogP contribution in [0.1, 0.15) is 41.7 Å². The van der Waals surface area contributed by atoms with E-state index in [-0.39, 0.29) is 5.78 Å². The van der Waals surface area contributed by atoms with Crippen LogP contribution in [0.5, 0.6) is 0 Å². The molecular weight excluding hydrogens is 260 g/mol. The van der Waals surface area contributed by atoms with Gasteiger partial charge in [0, 0.05) is 23.1 Å². The van der Waals surface area contributed by atoms with Crippen LogP contribution in [0.25, 0.3) is 10.9 Å². The standard InChI is InChI=1S/C18H22N2O/c1-13-2-4-15-12-16(5-6-17(15)20-13)18(21)7-3-14-8-10-19-11-9-14/h2,4-6,12,14,19H,3,7-11H2,1H3. The molecule has 2 aromatic rings. The number of hydrogen-bond acceptors (Lipinski definition) is 3. The van der Waals surface area contributed by atoms with Crippen molar-refractivity contribution in [2.24, 2.45) is 5.92 Å². The molecule has 3 nitrogen and oxygen atoms in total. The molecule has 2 heterocycles. The lowest BCUT2D eigenvalue weighted by Gasteiger charge is -2.22. The molecule has 0 bridgehead atoms. The van der Waals surface area contributed by atoms with E-state index in [2.05, 4.69) is 10.3 Å². The zero-order valence-corrected chi connectivity index (χ0v) is 12.6. The summed E-state index contributed by atoms with van der Waals surface area (Å²) in [6, 6.07) is 9.89. The number of nitrogens with one attached hydrogen (secondary N) is 1. The highest BCUT2D eigenvalue weighted by atomic mass is 16.1. The van der Waals surface area contributed by atoms with Gasteiger partial charge in [-0.3, -0.25) is 9.78 Å². The summed E-state index contributed by atoms with van der Waals surface area (Å²) in [5, 5.41) is 4.42. The molecule has 1 fully saturated rings. The van der Waals surface area contributed by atoms with Crippen molar-refractivity contribution in [1.29, 1.82) is 0 Å². The summed E-state index contributed by atoms with van der Waals surface area (Å²) in [5.74, 6) is 0.969. The van der Waals surface area contributed by atoms with Crippen molar-refractivity contribution < 1.29 is 4.79 Å². The molecule has 3 rings (SSSR count). The summed E-state index contributed by atoms with van der Waals surface area (Å²) in [4.78, 5) is 16.8. The lowest BCUT2D eigenvalue weighted by atomic mass is 9.91. The first-order valence-corrected chi connectivity index (χ1v) is 7.84. The molecule has 0 radical (unpaired) electrons. The van der Waals surface area contributed by atoms with E-state index in [9.17, 15) is 4.79 Å². The Kier molecular flexibility index (Phi) is 4.30. The number of rotatable bonds is 4. The van der Waals surface area contributed by atoms with Crippen molar-refractivity contribution in [1.82, 2.24) is 10.3 Å². The normalized spacial score (nSPS) is 16.2. The number of aromatic nitrogens is 1. The Balaban J connectivity index is 1.67. The van der Waals surface area contributed by atoms with Crippen molar-refractivity contribution in [3.63, 3.8) is 0 Å². The van der Waals surface area contributed by atoms with Gasteiger partial charge in [-0.2, -0.15) is 0 Å². The second-order valence-electron chi connectivity index (χ2n) is 6.02. The molecule has 1 aromatic carbocycles. The van der Waals surface area contributed by atoms with Gasteiger partial charge in [-0.15, -0.1) is 0 Å². The van der Waals surface area contributed by atoms with Gasteiger partial charge in [0.15, 0.2) is 5.78 Å². The van der Waals surface area contributed by atoms with Crippen molar-refractivity contribution in [3.8, 4) is 0 Å². The maximum Gasteiger partial charge on any atom is 0.162 e. The quantitative estimate of drug-likeness (QED) is 0.873. The SMILES string of the molecule is Cc1ccc2cc(C(=O)CCC3CCNCC3)ccc2n1. The number of Topliss-reactive ketones (excluding diaryl/α,β-unsaturated/α-hetero) is 1. The highest BCUT2D eigenvalue weighted by Crippen LogP contribution is 2.21. The van der Waals surface area contributed by atoms with Gasteiger partial charge in [-0.25, -0.2) is 0 Å². The molecule has 1 N–H and O–H groups in total. The van der Waals surface area contributed by atoms with Gasteiger partial charge in [-0.05, 0) is 69.5 Å². The summed E-state index contributed by atoms with van der Waals surface area (Å²) in [7, 11) is 0. The lowest BCUT2D eigenvalue weighted by Crippen LogP contribution is -2.27. The van der Waals surface area contributed by atoms with E-state index < -0.39 is 0 Å². The van der Waals surface area contributed by atoms with Crippen LogP contribution in [0.3, 0.4) is 0 Å². The molecule has 1 aliphatic heterocycles. The second-order valence-corrected chi connectivity index (χ2v) is 6.02. The van der Waals surface area contributed by atoms with Gasteiger partial charge in [0.2, 0.25) is 0 Å². The molecule has 0 atom stereocenters. The third kappa shape index (κ3) is 3.48. The van der Waals surface area contributed by atoms with Gasteiger partial charge in [0.05, 0.1) is 5.52 Å². The minimum absolute atomic E-state index is 0.260. The Morgan fingerprint density at radius 2 is 2.05 bits per heavy atom. The molecule has 3 heteroatoms. The lowest BCUT2D eigenvalue weighted by molar-refractivity contribution is 0.0971. The van der Waals surface area contributed by atoms with Crippen molar-refractivity contribution >= 4 is 16.7 Å². The van der Waals surface area contributed by atoms with E-state index in [0.29, 0.717) is 12.3 Å². The molecule has 1 saturated heterocycles. The van der Waals surface area contributed by atoms with Crippen LogP contribution in [0.4, 0.5) is 0 Å².